The highest BCUT2D eigenvalue weighted by molar-refractivity contribution is 5.86. The highest BCUT2D eigenvalue weighted by Crippen LogP contribution is 2.25. The summed E-state index contributed by atoms with van der Waals surface area (Å²) >= 11 is 0. The van der Waals surface area contributed by atoms with Crippen molar-refractivity contribution < 1.29 is 9.53 Å². The Bertz CT molecular complexity index is 619. The summed E-state index contributed by atoms with van der Waals surface area (Å²) in [5, 5.41) is 1.17. The second-order valence-electron chi connectivity index (χ2n) is 6.14. The Morgan fingerprint density at radius 2 is 2.00 bits per heavy atom. The van der Waals surface area contributed by atoms with Gasteiger partial charge in [0.2, 0.25) is 0 Å². The Morgan fingerprint density at radius 1 is 1.30 bits per heavy atom. The zero-order chi connectivity index (χ0) is 14.9. The van der Waals surface area contributed by atoms with Crippen LogP contribution in [0.4, 0.5) is 0 Å². The van der Waals surface area contributed by atoms with E-state index in [1.807, 2.05) is 38.5 Å². The van der Waals surface area contributed by atoms with Gasteiger partial charge in [-0.15, -0.1) is 0 Å². The largest absolute Gasteiger partial charge is 0.458 e. The topological polar surface area (TPSA) is 31.2 Å². The van der Waals surface area contributed by atoms with Gasteiger partial charge in [0.25, 0.3) is 0 Å². The van der Waals surface area contributed by atoms with Crippen molar-refractivity contribution in [2.24, 2.45) is 0 Å². The van der Waals surface area contributed by atoms with Crippen molar-refractivity contribution in [2.75, 3.05) is 0 Å². The molecular formula is C17H23NO2. The van der Waals surface area contributed by atoms with E-state index in [0.29, 0.717) is 0 Å². The first-order valence-corrected chi connectivity index (χ1v) is 7.15. The fourth-order valence-corrected chi connectivity index (χ4v) is 2.40. The van der Waals surface area contributed by atoms with Crippen molar-refractivity contribution in [3.63, 3.8) is 0 Å². The van der Waals surface area contributed by atoms with Gasteiger partial charge in [0.05, 0.1) is 5.52 Å². The van der Waals surface area contributed by atoms with Crippen LogP contribution in [0.1, 0.15) is 46.2 Å². The van der Waals surface area contributed by atoms with E-state index in [-0.39, 0.29) is 12.0 Å². The van der Waals surface area contributed by atoms with E-state index in [1.54, 1.807) is 0 Å². The number of benzene rings is 1. The standard InChI is InChI=1S/C17H23NO2/c1-6-13-8-7-9-14-10-11-18(15(13)14)12(2)16(19)20-17(3,4)5/h7-12H,6H2,1-5H3. The summed E-state index contributed by atoms with van der Waals surface area (Å²) < 4.78 is 7.50. The van der Waals surface area contributed by atoms with Crippen LogP contribution in [0.15, 0.2) is 30.5 Å². The molecule has 0 aliphatic carbocycles. The number of rotatable bonds is 3. The monoisotopic (exact) mass is 273 g/mol. The van der Waals surface area contributed by atoms with Gasteiger partial charge in [-0.3, -0.25) is 0 Å². The molecule has 0 radical (unpaired) electrons. The Hall–Kier alpha value is -1.77. The van der Waals surface area contributed by atoms with Gasteiger partial charge in [-0.05, 0) is 51.1 Å². The van der Waals surface area contributed by atoms with E-state index in [2.05, 4.69) is 31.2 Å². The molecule has 3 heteroatoms. The lowest BCUT2D eigenvalue weighted by Gasteiger charge is -2.23. The Labute approximate surface area is 120 Å². The predicted molar refractivity (Wildman–Crippen MR) is 81.9 cm³/mol. The summed E-state index contributed by atoms with van der Waals surface area (Å²) in [6, 6.07) is 7.98. The molecule has 1 atom stereocenters. The first kappa shape index (κ1) is 14.6. The molecule has 20 heavy (non-hydrogen) atoms. The maximum absolute atomic E-state index is 12.3. The molecule has 0 aliphatic heterocycles. The molecule has 0 saturated carbocycles. The zero-order valence-corrected chi connectivity index (χ0v) is 12.9. The van der Waals surface area contributed by atoms with Crippen LogP contribution >= 0.6 is 0 Å². The van der Waals surface area contributed by atoms with E-state index in [4.69, 9.17) is 4.74 Å². The smallest absolute Gasteiger partial charge is 0.329 e. The van der Waals surface area contributed by atoms with Crippen LogP contribution in [0.5, 0.6) is 0 Å². The first-order valence-electron chi connectivity index (χ1n) is 7.15. The molecular weight excluding hydrogens is 250 g/mol. The molecule has 1 aromatic heterocycles. The normalized spacial score (nSPS) is 13.4. The Morgan fingerprint density at radius 3 is 2.60 bits per heavy atom. The number of carbonyl (C=O) groups excluding carboxylic acids is 1. The number of esters is 1. The Balaban J connectivity index is 2.40. The van der Waals surface area contributed by atoms with Gasteiger partial charge < -0.3 is 9.30 Å². The fourth-order valence-electron chi connectivity index (χ4n) is 2.40. The van der Waals surface area contributed by atoms with Crippen molar-refractivity contribution in [1.29, 1.82) is 0 Å². The molecule has 0 saturated heterocycles. The first-order chi connectivity index (χ1) is 9.33. The SMILES string of the molecule is CCc1cccc2ccn(C(C)C(=O)OC(C)(C)C)c12. The molecule has 108 valence electrons. The molecule has 1 aromatic carbocycles. The lowest BCUT2D eigenvalue weighted by Crippen LogP contribution is -2.28. The molecule has 2 aromatic rings. The summed E-state index contributed by atoms with van der Waals surface area (Å²) in [5.41, 5.74) is 1.93. The summed E-state index contributed by atoms with van der Waals surface area (Å²) in [6.45, 7) is 9.69. The van der Waals surface area contributed by atoms with E-state index in [9.17, 15) is 4.79 Å². The predicted octanol–water partition coefficient (Wildman–Crippen LogP) is 4.11. The van der Waals surface area contributed by atoms with E-state index < -0.39 is 5.60 Å². The number of fused-ring (bicyclic) bond motifs is 1. The quantitative estimate of drug-likeness (QED) is 0.788. The van der Waals surface area contributed by atoms with Crippen LogP contribution in [0.25, 0.3) is 10.9 Å². The molecule has 1 heterocycles. The fraction of sp³-hybridized carbons (Fsp3) is 0.471. The summed E-state index contributed by atoms with van der Waals surface area (Å²) in [7, 11) is 0. The molecule has 0 fully saturated rings. The molecule has 2 rings (SSSR count). The van der Waals surface area contributed by atoms with Gasteiger partial charge in [-0.1, -0.05) is 25.1 Å². The minimum absolute atomic E-state index is 0.194. The summed E-state index contributed by atoms with van der Waals surface area (Å²) in [4.78, 5) is 12.3. The number of aromatic nitrogens is 1. The summed E-state index contributed by atoms with van der Waals surface area (Å²) in [5.74, 6) is -0.194. The molecule has 0 amide bonds. The third-order valence-corrected chi connectivity index (χ3v) is 3.37. The number of aryl methyl sites for hydroxylation is 1. The van der Waals surface area contributed by atoms with Crippen molar-refractivity contribution in [3.8, 4) is 0 Å². The minimum Gasteiger partial charge on any atom is -0.458 e. The van der Waals surface area contributed by atoms with Gasteiger partial charge in [-0.25, -0.2) is 4.79 Å². The van der Waals surface area contributed by atoms with Crippen molar-refractivity contribution >= 4 is 16.9 Å². The zero-order valence-electron chi connectivity index (χ0n) is 12.9. The number of hydrogen-bond donors (Lipinski definition) is 0. The van der Waals surface area contributed by atoms with Crippen molar-refractivity contribution in [2.45, 2.75) is 52.7 Å². The van der Waals surface area contributed by atoms with Gasteiger partial charge in [0.15, 0.2) is 0 Å². The van der Waals surface area contributed by atoms with Gasteiger partial charge in [0, 0.05) is 6.20 Å². The number of para-hydroxylation sites is 1. The van der Waals surface area contributed by atoms with Crippen molar-refractivity contribution in [1.82, 2.24) is 4.57 Å². The van der Waals surface area contributed by atoms with Crippen molar-refractivity contribution in [3.05, 3.63) is 36.0 Å². The maximum Gasteiger partial charge on any atom is 0.329 e. The second-order valence-corrected chi connectivity index (χ2v) is 6.14. The minimum atomic E-state index is -0.456. The average molecular weight is 273 g/mol. The van der Waals surface area contributed by atoms with Gasteiger partial charge >= 0.3 is 5.97 Å². The molecule has 0 aliphatic rings. The van der Waals surface area contributed by atoms with Gasteiger partial charge in [0.1, 0.15) is 11.6 Å². The lowest BCUT2D eigenvalue weighted by atomic mass is 10.1. The summed E-state index contributed by atoms with van der Waals surface area (Å²) in [6.07, 6.45) is 2.92. The molecule has 1 unspecified atom stereocenters. The van der Waals surface area contributed by atoms with E-state index >= 15 is 0 Å². The highest BCUT2D eigenvalue weighted by Gasteiger charge is 2.24. The molecule has 0 N–H and O–H groups in total. The van der Waals surface area contributed by atoms with Crippen LogP contribution < -0.4 is 0 Å². The second kappa shape index (κ2) is 5.31. The van der Waals surface area contributed by atoms with E-state index in [0.717, 1.165) is 11.9 Å². The number of ether oxygens (including phenoxy) is 1. The van der Waals surface area contributed by atoms with Crippen LogP contribution in [-0.2, 0) is 16.0 Å². The number of nitrogens with zero attached hydrogens (tertiary/aromatic N) is 1. The maximum atomic E-state index is 12.3. The molecule has 0 bridgehead atoms. The average Bonchev–Trinajstić information content (AvgIpc) is 2.79. The number of hydrogen-bond acceptors (Lipinski definition) is 2. The van der Waals surface area contributed by atoms with Crippen LogP contribution in [0, 0.1) is 0 Å². The van der Waals surface area contributed by atoms with Crippen LogP contribution in [-0.4, -0.2) is 16.1 Å². The lowest BCUT2D eigenvalue weighted by molar-refractivity contribution is -0.158. The number of carbonyl (C=O) groups is 1. The molecule has 0 spiro atoms. The third kappa shape index (κ3) is 2.87. The van der Waals surface area contributed by atoms with E-state index in [1.165, 1.54) is 10.9 Å². The third-order valence-electron chi connectivity index (χ3n) is 3.37. The Kier molecular flexibility index (Phi) is 3.89. The van der Waals surface area contributed by atoms with Crippen LogP contribution in [0.2, 0.25) is 0 Å². The van der Waals surface area contributed by atoms with Gasteiger partial charge in [-0.2, -0.15) is 0 Å². The highest BCUT2D eigenvalue weighted by atomic mass is 16.6. The molecule has 3 nitrogen and oxygen atoms in total. The van der Waals surface area contributed by atoms with Crippen LogP contribution in [0.3, 0.4) is 0 Å².